The summed E-state index contributed by atoms with van der Waals surface area (Å²) in [7, 11) is 0. The van der Waals surface area contributed by atoms with E-state index >= 15 is 0 Å². The first-order chi connectivity index (χ1) is 6.07. The zero-order valence-electron chi connectivity index (χ0n) is 6.88. The van der Waals surface area contributed by atoms with Crippen molar-refractivity contribution in [2.24, 2.45) is 0 Å². The molecule has 70 valence electrons. The van der Waals surface area contributed by atoms with Crippen molar-refractivity contribution in [2.45, 2.75) is 12.8 Å². The van der Waals surface area contributed by atoms with Crippen LogP contribution in [0.3, 0.4) is 0 Å². The molecular formula is C8H7BrClNO2. The summed E-state index contributed by atoms with van der Waals surface area (Å²) in [5.74, 6) is 0.272. The fourth-order valence-corrected chi connectivity index (χ4v) is 2.15. The highest BCUT2D eigenvalue weighted by Gasteiger charge is 2.15. The van der Waals surface area contributed by atoms with Crippen molar-refractivity contribution in [1.29, 1.82) is 0 Å². The van der Waals surface area contributed by atoms with Gasteiger partial charge in [-0.3, -0.25) is 10.1 Å². The van der Waals surface area contributed by atoms with Crippen LogP contribution in [-0.2, 0) is 5.88 Å². The third-order valence-corrected chi connectivity index (χ3v) is 2.85. The van der Waals surface area contributed by atoms with Crippen LogP contribution in [0, 0.1) is 17.0 Å². The Morgan fingerprint density at radius 1 is 1.62 bits per heavy atom. The van der Waals surface area contributed by atoms with Crippen LogP contribution in [0.15, 0.2) is 16.6 Å². The summed E-state index contributed by atoms with van der Waals surface area (Å²) >= 11 is 8.95. The van der Waals surface area contributed by atoms with E-state index in [4.69, 9.17) is 11.6 Å². The number of nitrogens with zero attached hydrogens (tertiary/aromatic N) is 1. The maximum absolute atomic E-state index is 10.5. The molecule has 0 fully saturated rings. The highest BCUT2D eigenvalue weighted by molar-refractivity contribution is 9.10. The molecule has 0 bridgehead atoms. The van der Waals surface area contributed by atoms with E-state index in [0.717, 1.165) is 10.0 Å². The summed E-state index contributed by atoms with van der Waals surface area (Å²) < 4.78 is 0.811. The van der Waals surface area contributed by atoms with E-state index < -0.39 is 4.92 Å². The van der Waals surface area contributed by atoms with Gasteiger partial charge in [-0.1, -0.05) is 15.9 Å². The molecule has 0 aliphatic heterocycles. The molecule has 0 heterocycles. The molecule has 13 heavy (non-hydrogen) atoms. The average molecular weight is 265 g/mol. The topological polar surface area (TPSA) is 43.1 Å². The number of hydrogen-bond donors (Lipinski definition) is 0. The maximum atomic E-state index is 10.5. The van der Waals surface area contributed by atoms with Crippen LogP contribution < -0.4 is 0 Å². The summed E-state index contributed by atoms with van der Waals surface area (Å²) in [6.45, 7) is 1.70. The van der Waals surface area contributed by atoms with Crippen molar-refractivity contribution < 1.29 is 4.92 Å². The molecule has 0 N–H and O–H groups in total. The molecule has 1 rings (SSSR count). The predicted molar refractivity (Wildman–Crippen MR) is 55.1 cm³/mol. The number of nitro groups is 1. The van der Waals surface area contributed by atoms with E-state index in [1.54, 1.807) is 13.0 Å². The second kappa shape index (κ2) is 4.07. The van der Waals surface area contributed by atoms with Crippen molar-refractivity contribution in [2.75, 3.05) is 0 Å². The van der Waals surface area contributed by atoms with Crippen LogP contribution in [0.1, 0.15) is 11.1 Å². The van der Waals surface area contributed by atoms with Gasteiger partial charge in [-0.25, -0.2) is 0 Å². The number of halogens is 2. The Morgan fingerprint density at radius 2 is 2.23 bits per heavy atom. The standard InChI is InChI=1S/C8H7BrClNO2/c1-5-6(4-10)7(9)2-3-8(5)11(12)13/h2-3H,4H2,1H3. The maximum Gasteiger partial charge on any atom is 0.272 e. The summed E-state index contributed by atoms with van der Waals surface area (Å²) in [5.41, 5.74) is 1.50. The van der Waals surface area contributed by atoms with Gasteiger partial charge in [-0.05, 0) is 18.6 Å². The van der Waals surface area contributed by atoms with E-state index in [9.17, 15) is 10.1 Å². The third kappa shape index (κ3) is 2.00. The molecule has 0 amide bonds. The lowest BCUT2D eigenvalue weighted by molar-refractivity contribution is -0.385. The lowest BCUT2D eigenvalue weighted by Crippen LogP contribution is -1.95. The number of rotatable bonds is 2. The number of benzene rings is 1. The monoisotopic (exact) mass is 263 g/mol. The van der Waals surface area contributed by atoms with Gasteiger partial charge in [-0.2, -0.15) is 0 Å². The number of hydrogen-bond acceptors (Lipinski definition) is 2. The molecule has 0 aromatic heterocycles. The van der Waals surface area contributed by atoms with Crippen LogP contribution in [0.5, 0.6) is 0 Å². The van der Waals surface area contributed by atoms with E-state index in [0.29, 0.717) is 5.56 Å². The van der Waals surface area contributed by atoms with E-state index in [-0.39, 0.29) is 11.6 Å². The SMILES string of the molecule is Cc1c([N+](=O)[O-])ccc(Br)c1CCl. The van der Waals surface area contributed by atoms with Crippen LogP contribution >= 0.6 is 27.5 Å². The smallest absolute Gasteiger partial charge is 0.258 e. The number of alkyl halides is 1. The molecule has 5 heteroatoms. The molecule has 0 spiro atoms. The van der Waals surface area contributed by atoms with Gasteiger partial charge in [0.05, 0.1) is 4.92 Å². The van der Waals surface area contributed by atoms with Gasteiger partial charge in [0.1, 0.15) is 0 Å². The fourth-order valence-electron chi connectivity index (χ4n) is 1.07. The minimum Gasteiger partial charge on any atom is -0.258 e. The average Bonchev–Trinajstić information content (AvgIpc) is 2.04. The van der Waals surface area contributed by atoms with Crippen LogP contribution in [0.4, 0.5) is 5.69 Å². The molecule has 0 radical (unpaired) electrons. The first kappa shape index (κ1) is 10.5. The fraction of sp³-hybridized carbons (Fsp3) is 0.250. The molecule has 1 aromatic rings. The Balaban J connectivity index is 3.35. The summed E-state index contributed by atoms with van der Waals surface area (Å²) in [4.78, 5) is 10.1. The van der Waals surface area contributed by atoms with Crippen LogP contribution in [0.2, 0.25) is 0 Å². The van der Waals surface area contributed by atoms with Gasteiger partial charge in [0.25, 0.3) is 5.69 Å². The van der Waals surface area contributed by atoms with Gasteiger partial charge < -0.3 is 0 Å². The first-order valence-electron chi connectivity index (χ1n) is 3.56. The van der Waals surface area contributed by atoms with Crippen molar-refractivity contribution in [3.8, 4) is 0 Å². The highest BCUT2D eigenvalue weighted by atomic mass is 79.9. The molecule has 0 aliphatic carbocycles. The molecular weight excluding hydrogens is 257 g/mol. The Hall–Kier alpha value is -0.610. The molecule has 0 saturated carbocycles. The van der Waals surface area contributed by atoms with Gasteiger partial charge in [0.15, 0.2) is 0 Å². The molecule has 1 aromatic carbocycles. The third-order valence-electron chi connectivity index (χ3n) is 1.84. The van der Waals surface area contributed by atoms with Crippen LogP contribution in [-0.4, -0.2) is 4.92 Å². The van der Waals surface area contributed by atoms with Crippen molar-refractivity contribution in [1.82, 2.24) is 0 Å². The van der Waals surface area contributed by atoms with Gasteiger partial charge >= 0.3 is 0 Å². The normalized spacial score (nSPS) is 10.1. The summed E-state index contributed by atoms with van der Waals surface area (Å²) in [5, 5.41) is 10.5. The van der Waals surface area contributed by atoms with Crippen molar-refractivity contribution in [3.05, 3.63) is 37.8 Å². The molecule has 0 unspecified atom stereocenters. The quantitative estimate of drug-likeness (QED) is 0.467. The second-order valence-electron chi connectivity index (χ2n) is 2.56. The predicted octanol–water partition coefficient (Wildman–Crippen LogP) is 3.40. The first-order valence-corrected chi connectivity index (χ1v) is 4.89. The summed E-state index contributed by atoms with van der Waals surface area (Å²) in [6, 6.07) is 3.11. The minimum atomic E-state index is -0.405. The van der Waals surface area contributed by atoms with Gasteiger partial charge in [-0.15, -0.1) is 11.6 Å². The van der Waals surface area contributed by atoms with E-state index in [1.165, 1.54) is 6.07 Å². The zero-order valence-corrected chi connectivity index (χ0v) is 9.22. The molecule has 0 aliphatic rings. The number of nitro benzene ring substituents is 1. The molecule has 0 atom stereocenters. The van der Waals surface area contributed by atoms with E-state index in [2.05, 4.69) is 15.9 Å². The molecule has 3 nitrogen and oxygen atoms in total. The van der Waals surface area contributed by atoms with Gasteiger partial charge in [0.2, 0.25) is 0 Å². The lowest BCUT2D eigenvalue weighted by Gasteiger charge is -2.04. The van der Waals surface area contributed by atoms with Crippen LogP contribution in [0.25, 0.3) is 0 Å². The Morgan fingerprint density at radius 3 is 2.69 bits per heavy atom. The lowest BCUT2D eigenvalue weighted by atomic mass is 10.1. The zero-order chi connectivity index (χ0) is 10.0. The van der Waals surface area contributed by atoms with Crippen molar-refractivity contribution in [3.63, 3.8) is 0 Å². The van der Waals surface area contributed by atoms with Crippen molar-refractivity contribution >= 4 is 33.2 Å². The Kier molecular flexibility index (Phi) is 3.27. The highest BCUT2D eigenvalue weighted by Crippen LogP contribution is 2.29. The Labute approximate surface area is 89.0 Å². The van der Waals surface area contributed by atoms with Gasteiger partial charge in [0, 0.05) is 22.0 Å². The summed E-state index contributed by atoms with van der Waals surface area (Å²) in [6.07, 6.45) is 0. The largest absolute Gasteiger partial charge is 0.272 e. The molecule has 0 saturated heterocycles. The Bertz CT molecular complexity index is 354. The minimum absolute atomic E-state index is 0.110. The second-order valence-corrected chi connectivity index (χ2v) is 3.68. The van der Waals surface area contributed by atoms with E-state index in [1.807, 2.05) is 0 Å².